The normalized spacial score (nSPS) is 22.8. The molecule has 0 radical (unpaired) electrons. The first-order valence-corrected chi connectivity index (χ1v) is 13.7. The molecule has 5 rings (SSSR count). The Bertz CT molecular complexity index is 1210. The van der Waals surface area contributed by atoms with Gasteiger partial charge in [0.2, 0.25) is 0 Å². The van der Waals surface area contributed by atoms with Crippen molar-refractivity contribution in [3.05, 3.63) is 40.7 Å². The van der Waals surface area contributed by atoms with Crippen LogP contribution in [-0.2, 0) is 42.9 Å². The number of aryl methyl sites for hydroxylation is 3. The summed E-state index contributed by atoms with van der Waals surface area (Å²) in [5.41, 5.74) is 5.77. The summed E-state index contributed by atoms with van der Waals surface area (Å²) in [6.45, 7) is -0.0319. The third-order valence-corrected chi connectivity index (χ3v) is 8.99. The molecule has 1 N–H and O–H groups in total. The van der Waals surface area contributed by atoms with Crippen LogP contribution in [0.3, 0.4) is 0 Å². The van der Waals surface area contributed by atoms with E-state index in [0.717, 1.165) is 59.6 Å². The fourth-order valence-corrected chi connectivity index (χ4v) is 7.11. The van der Waals surface area contributed by atoms with Crippen molar-refractivity contribution >= 4 is 27.6 Å². The Morgan fingerprint density at radius 3 is 2.51 bits per heavy atom. The average molecular weight is 504 g/mol. The number of halogens is 1. The summed E-state index contributed by atoms with van der Waals surface area (Å²) in [5, 5.41) is 20.0. The van der Waals surface area contributed by atoms with E-state index in [4.69, 9.17) is 0 Å². The Labute approximate surface area is 205 Å². The minimum Gasteiger partial charge on any atom is -0.845 e. The van der Waals surface area contributed by atoms with Crippen molar-refractivity contribution in [1.29, 1.82) is 0 Å². The molecule has 1 saturated heterocycles. The average Bonchev–Trinajstić information content (AvgIpc) is 3.55. The molecule has 0 saturated carbocycles. The number of rotatable bonds is 6. The molecule has 0 amide bonds. The second kappa shape index (κ2) is 9.42. The van der Waals surface area contributed by atoms with Crippen LogP contribution >= 0.6 is 0 Å². The number of likely N-dealkylation sites (tertiary alicyclic amines) is 1. The van der Waals surface area contributed by atoms with Gasteiger partial charge in [0.15, 0.2) is 0 Å². The van der Waals surface area contributed by atoms with Gasteiger partial charge < -0.3 is 15.3 Å². The number of aromatic nitrogens is 2. The van der Waals surface area contributed by atoms with E-state index in [2.05, 4.69) is 20.9 Å². The van der Waals surface area contributed by atoms with E-state index < -0.39 is 35.0 Å². The van der Waals surface area contributed by atoms with Gasteiger partial charge in [-0.25, -0.2) is 8.70 Å². The molecule has 2 aromatic rings. The van der Waals surface area contributed by atoms with Crippen molar-refractivity contribution in [1.82, 2.24) is 14.7 Å². The second-order valence-electron chi connectivity index (χ2n) is 9.87. The van der Waals surface area contributed by atoms with E-state index >= 15 is 0 Å². The predicted octanol–water partition coefficient (Wildman–Crippen LogP) is 1.71. The zero-order valence-corrected chi connectivity index (χ0v) is 21.0. The number of fused-ring (bicyclic) bond motifs is 2. The summed E-state index contributed by atoms with van der Waals surface area (Å²) >= 11 is 0. The van der Waals surface area contributed by atoms with Crippen molar-refractivity contribution < 1.29 is 17.9 Å². The van der Waals surface area contributed by atoms with Gasteiger partial charge in [0.05, 0.1) is 17.9 Å². The van der Waals surface area contributed by atoms with E-state index in [0.29, 0.717) is 25.1 Å². The molecule has 1 aliphatic heterocycles. The van der Waals surface area contributed by atoms with Crippen LogP contribution in [0.5, 0.6) is 0 Å². The van der Waals surface area contributed by atoms with Crippen molar-refractivity contribution in [3.63, 3.8) is 0 Å². The predicted molar refractivity (Wildman–Crippen MR) is 132 cm³/mol. The second-order valence-corrected chi connectivity index (χ2v) is 11.3. The molecule has 1 aromatic heterocycles. The lowest BCUT2D eigenvalue weighted by atomic mass is 9.98. The third kappa shape index (κ3) is 4.63. The number of anilines is 2. The van der Waals surface area contributed by atoms with Gasteiger partial charge in [0, 0.05) is 37.6 Å². The van der Waals surface area contributed by atoms with Gasteiger partial charge in [-0.05, 0) is 80.7 Å². The van der Waals surface area contributed by atoms with Crippen molar-refractivity contribution in [2.45, 2.75) is 63.5 Å². The number of nitrogens with one attached hydrogen (secondary N) is 1. The maximum atomic E-state index is 13.6. The Kier molecular flexibility index (Phi) is 6.47. The summed E-state index contributed by atoms with van der Waals surface area (Å²) in [6.07, 6.45) is 9.54. The lowest BCUT2D eigenvalue weighted by molar-refractivity contribution is -0.213. The van der Waals surface area contributed by atoms with Gasteiger partial charge in [-0.3, -0.25) is 4.68 Å². The molecule has 2 heterocycles. The largest absolute Gasteiger partial charge is 0.845 e. The zero-order valence-electron chi connectivity index (χ0n) is 20.2. The number of amidine groups is 1. The smallest absolute Gasteiger partial charge is 0.345 e. The molecule has 2 aliphatic carbocycles. The standard InChI is InChI=1S/C24H33FN6O3S/c1-29-10-9-18(12-19(29)13-25)31(20-14-26-30(2)15-20)35(33,34)28-24(32)27-23-21-7-3-5-16(21)11-17-6-4-8-22(17)23/h11,14-15,18-19H,3-10,12-13H2,1-2H3,(H2,27,28,32)/p-1. The molecule has 11 heteroatoms. The number of benzene rings is 1. The Morgan fingerprint density at radius 2 is 1.91 bits per heavy atom. The highest BCUT2D eigenvalue weighted by Gasteiger charge is 2.36. The number of hydrogen-bond acceptors (Lipinski definition) is 5. The number of piperidine rings is 1. The summed E-state index contributed by atoms with van der Waals surface area (Å²) in [7, 11) is -0.887. The van der Waals surface area contributed by atoms with Gasteiger partial charge in [-0.2, -0.15) is 13.5 Å². The van der Waals surface area contributed by atoms with Crippen LogP contribution < -0.4 is 14.7 Å². The van der Waals surface area contributed by atoms with Crippen molar-refractivity contribution in [3.8, 4) is 0 Å². The fourth-order valence-electron chi connectivity index (χ4n) is 5.84. The first kappa shape index (κ1) is 24.1. The summed E-state index contributed by atoms with van der Waals surface area (Å²) < 4.78 is 47.0. The van der Waals surface area contributed by atoms with Crippen LogP contribution in [0.1, 0.15) is 47.9 Å². The van der Waals surface area contributed by atoms with E-state index in [-0.39, 0.29) is 0 Å². The summed E-state index contributed by atoms with van der Waals surface area (Å²) in [5.74, 6) is 0. The van der Waals surface area contributed by atoms with E-state index in [1.807, 2.05) is 11.9 Å². The summed E-state index contributed by atoms with van der Waals surface area (Å²) in [6, 6.07) is 0.428. The van der Waals surface area contributed by atoms with Gasteiger partial charge in [0.1, 0.15) is 6.67 Å². The van der Waals surface area contributed by atoms with Gasteiger partial charge in [-0.15, -0.1) is 4.40 Å². The third-order valence-electron chi connectivity index (χ3n) is 7.59. The van der Waals surface area contributed by atoms with Gasteiger partial charge >= 0.3 is 10.2 Å². The quantitative estimate of drug-likeness (QED) is 0.475. The van der Waals surface area contributed by atoms with Crippen LogP contribution in [0.25, 0.3) is 0 Å². The van der Waals surface area contributed by atoms with Crippen molar-refractivity contribution in [2.75, 3.05) is 29.9 Å². The lowest BCUT2D eigenvalue weighted by Crippen LogP contribution is -2.51. The van der Waals surface area contributed by atoms with Gasteiger partial charge in [0.25, 0.3) is 0 Å². The molecule has 2 unspecified atom stereocenters. The highest BCUT2D eigenvalue weighted by Crippen LogP contribution is 2.38. The minimum atomic E-state index is -4.41. The van der Waals surface area contributed by atoms with Crippen LogP contribution in [0.2, 0.25) is 0 Å². The van der Waals surface area contributed by atoms with E-state index in [1.165, 1.54) is 22.0 Å². The first-order valence-electron chi connectivity index (χ1n) is 12.3. The Balaban J connectivity index is 1.47. The fraction of sp³-hybridized carbons (Fsp3) is 0.583. The maximum absolute atomic E-state index is 13.6. The van der Waals surface area contributed by atoms with Gasteiger partial charge in [-0.1, -0.05) is 6.07 Å². The Hall–Kier alpha value is -2.66. The summed E-state index contributed by atoms with van der Waals surface area (Å²) in [4.78, 5) is 1.89. The molecule has 1 fully saturated rings. The molecule has 190 valence electrons. The van der Waals surface area contributed by atoms with Crippen LogP contribution in [0.15, 0.2) is 22.9 Å². The Morgan fingerprint density at radius 1 is 1.23 bits per heavy atom. The zero-order chi connectivity index (χ0) is 24.7. The molecule has 0 bridgehead atoms. The van der Waals surface area contributed by atoms with E-state index in [1.54, 1.807) is 13.2 Å². The highest BCUT2D eigenvalue weighted by atomic mass is 32.2. The number of nitrogens with zero attached hydrogens (tertiary/aromatic N) is 5. The number of alkyl halides is 1. The van der Waals surface area contributed by atoms with Crippen LogP contribution in [-0.4, -0.2) is 61.5 Å². The van der Waals surface area contributed by atoms with Crippen LogP contribution in [0, 0.1) is 0 Å². The maximum Gasteiger partial charge on any atom is 0.345 e. The van der Waals surface area contributed by atoms with Crippen LogP contribution in [0.4, 0.5) is 15.8 Å². The minimum absolute atomic E-state index is 0.304. The molecule has 2 atom stereocenters. The van der Waals surface area contributed by atoms with E-state index in [9.17, 15) is 17.9 Å². The molecule has 9 nitrogen and oxygen atoms in total. The molecule has 1 aromatic carbocycles. The number of hydrogen-bond donors (Lipinski definition) is 1. The lowest BCUT2D eigenvalue weighted by Gasteiger charge is -2.40. The molecule has 0 spiro atoms. The highest BCUT2D eigenvalue weighted by molar-refractivity contribution is 7.91. The molecular formula is C24H32FN6O3S-. The topological polar surface area (TPSA) is 106 Å². The molecular weight excluding hydrogens is 471 g/mol. The SMILES string of the molecule is CN1CCC(N(c2cnn(C)c2)S(=O)(=O)/N=C(\[O-])Nc2c3c(cc4c2CCC4)CCC3)CC1CF. The first-order chi connectivity index (χ1) is 16.8. The molecule has 3 aliphatic rings. The monoisotopic (exact) mass is 503 g/mol. The molecule has 35 heavy (non-hydrogen) atoms. The van der Waals surface area contributed by atoms with Crippen molar-refractivity contribution in [2.24, 2.45) is 11.4 Å².